The number of aromatic nitrogens is 2. The van der Waals surface area contributed by atoms with E-state index in [0.717, 1.165) is 27.4 Å². The molecule has 3 nitrogen and oxygen atoms in total. The van der Waals surface area contributed by atoms with Gasteiger partial charge in [0.1, 0.15) is 10.6 Å². The summed E-state index contributed by atoms with van der Waals surface area (Å²) >= 11 is 1.73. The molecule has 0 atom stereocenters. The van der Waals surface area contributed by atoms with Gasteiger partial charge in [-0.2, -0.15) is 0 Å². The molecule has 0 radical (unpaired) electrons. The molecule has 0 amide bonds. The number of benzene rings is 1. The lowest BCUT2D eigenvalue weighted by Gasteiger charge is -2.07. The summed E-state index contributed by atoms with van der Waals surface area (Å²) in [4.78, 5) is 11.8. The molecule has 0 bridgehead atoms. The highest BCUT2D eigenvalue weighted by Gasteiger charge is 2.14. The van der Waals surface area contributed by atoms with Crippen LogP contribution < -0.4 is 5.32 Å². The summed E-state index contributed by atoms with van der Waals surface area (Å²) in [7, 11) is 1.91. The van der Waals surface area contributed by atoms with E-state index in [1.165, 1.54) is 16.0 Å². The van der Waals surface area contributed by atoms with Crippen LogP contribution in [0.3, 0.4) is 0 Å². The van der Waals surface area contributed by atoms with Crippen molar-refractivity contribution in [2.24, 2.45) is 0 Å². The number of hydrogen-bond acceptors (Lipinski definition) is 4. The average Bonchev–Trinajstić information content (AvgIpc) is 2.73. The third-order valence-corrected chi connectivity index (χ3v) is 4.64. The molecule has 102 valence electrons. The summed E-state index contributed by atoms with van der Waals surface area (Å²) in [5.41, 5.74) is 3.55. The van der Waals surface area contributed by atoms with Crippen LogP contribution in [0.5, 0.6) is 0 Å². The van der Waals surface area contributed by atoms with Crippen LogP contribution in [0.25, 0.3) is 21.6 Å². The molecule has 1 aromatic carbocycles. The second-order valence-electron chi connectivity index (χ2n) is 4.98. The standard InChI is InChI=1S/C16H17N3S/c1-9-6-5-7-12(8-9)14-18-15(17-4)13-10(2)11(3)20-16(13)19-14/h5-8H,1-4H3,(H,17,18,19). The van der Waals surface area contributed by atoms with E-state index in [4.69, 9.17) is 4.98 Å². The zero-order chi connectivity index (χ0) is 14.3. The molecular formula is C16H17N3S. The fourth-order valence-corrected chi connectivity index (χ4v) is 3.37. The van der Waals surface area contributed by atoms with Crippen molar-refractivity contribution in [2.45, 2.75) is 20.8 Å². The molecule has 1 N–H and O–H groups in total. The summed E-state index contributed by atoms with van der Waals surface area (Å²) in [6.07, 6.45) is 0. The zero-order valence-corrected chi connectivity index (χ0v) is 12.9. The lowest BCUT2D eigenvalue weighted by atomic mass is 10.1. The van der Waals surface area contributed by atoms with Crippen molar-refractivity contribution in [1.29, 1.82) is 0 Å². The number of anilines is 1. The van der Waals surface area contributed by atoms with Gasteiger partial charge in [0.2, 0.25) is 0 Å². The van der Waals surface area contributed by atoms with E-state index in [1.54, 1.807) is 11.3 Å². The first-order valence-corrected chi connectivity index (χ1v) is 7.44. The number of rotatable bonds is 2. The Morgan fingerprint density at radius 2 is 1.90 bits per heavy atom. The monoisotopic (exact) mass is 283 g/mol. The van der Waals surface area contributed by atoms with Crippen LogP contribution in [0.2, 0.25) is 0 Å². The van der Waals surface area contributed by atoms with E-state index in [1.807, 2.05) is 13.1 Å². The highest BCUT2D eigenvalue weighted by Crippen LogP contribution is 2.34. The minimum atomic E-state index is 0.784. The van der Waals surface area contributed by atoms with Crippen LogP contribution in [0.15, 0.2) is 24.3 Å². The zero-order valence-electron chi connectivity index (χ0n) is 12.1. The molecule has 20 heavy (non-hydrogen) atoms. The molecule has 0 spiro atoms. The minimum absolute atomic E-state index is 0.784. The number of thiophene rings is 1. The first-order chi connectivity index (χ1) is 9.60. The van der Waals surface area contributed by atoms with Crippen LogP contribution in [0, 0.1) is 20.8 Å². The number of nitrogens with one attached hydrogen (secondary N) is 1. The molecule has 4 heteroatoms. The van der Waals surface area contributed by atoms with E-state index in [9.17, 15) is 0 Å². The van der Waals surface area contributed by atoms with E-state index in [2.05, 4.69) is 49.3 Å². The molecule has 2 heterocycles. The lowest BCUT2D eigenvalue weighted by molar-refractivity contribution is 1.22. The van der Waals surface area contributed by atoms with Crippen LogP contribution >= 0.6 is 11.3 Å². The Kier molecular flexibility index (Phi) is 3.18. The van der Waals surface area contributed by atoms with Gasteiger partial charge in [0.25, 0.3) is 0 Å². The van der Waals surface area contributed by atoms with Crippen LogP contribution in [-0.2, 0) is 0 Å². The Bertz CT molecular complexity index is 790. The van der Waals surface area contributed by atoms with Gasteiger partial charge in [0.05, 0.1) is 5.39 Å². The average molecular weight is 283 g/mol. The summed E-state index contributed by atoms with van der Waals surface area (Å²) < 4.78 is 0. The number of nitrogens with zero attached hydrogens (tertiary/aromatic N) is 2. The van der Waals surface area contributed by atoms with Crippen molar-refractivity contribution in [2.75, 3.05) is 12.4 Å². The van der Waals surface area contributed by atoms with Crippen LogP contribution in [-0.4, -0.2) is 17.0 Å². The fourth-order valence-electron chi connectivity index (χ4n) is 2.34. The smallest absolute Gasteiger partial charge is 0.163 e. The third-order valence-electron chi connectivity index (χ3n) is 3.54. The van der Waals surface area contributed by atoms with Gasteiger partial charge in [-0.3, -0.25) is 0 Å². The lowest BCUT2D eigenvalue weighted by Crippen LogP contribution is -1.98. The normalized spacial score (nSPS) is 11.0. The third kappa shape index (κ3) is 2.06. The van der Waals surface area contributed by atoms with Crippen molar-refractivity contribution in [3.8, 4) is 11.4 Å². The van der Waals surface area contributed by atoms with Crippen molar-refractivity contribution in [3.05, 3.63) is 40.3 Å². The van der Waals surface area contributed by atoms with E-state index >= 15 is 0 Å². The molecule has 0 aliphatic carbocycles. The Morgan fingerprint density at radius 1 is 1.10 bits per heavy atom. The number of aryl methyl sites for hydroxylation is 3. The molecular weight excluding hydrogens is 266 g/mol. The Hall–Kier alpha value is -1.94. The highest BCUT2D eigenvalue weighted by atomic mass is 32.1. The van der Waals surface area contributed by atoms with Crippen LogP contribution in [0.1, 0.15) is 16.0 Å². The van der Waals surface area contributed by atoms with Gasteiger partial charge in [-0.15, -0.1) is 11.3 Å². The van der Waals surface area contributed by atoms with Gasteiger partial charge in [0.15, 0.2) is 5.82 Å². The molecule has 2 aromatic heterocycles. The maximum Gasteiger partial charge on any atom is 0.163 e. The van der Waals surface area contributed by atoms with Gasteiger partial charge in [0, 0.05) is 17.5 Å². The topological polar surface area (TPSA) is 37.8 Å². The van der Waals surface area contributed by atoms with Crippen molar-refractivity contribution < 1.29 is 0 Å². The second kappa shape index (κ2) is 4.87. The van der Waals surface area contributed by atoms with E-state index in [0.29, 0.717) is 0 Å². The molecule has 3 aromatic rings. The first-order valence-electron chi connectivity index (χ1n) is 6.62. The Balaban J connectivity index is 2.28. The molecule has 0 unspecified atom stereocenters. The SMILES string of the molecule is CNc1nc(-c2cccc(C)c2)nc2sc(C)c(C)c12. The molecule has 3 rings (SSSR count). The summed E-state index contributed by atoms with van der Waals surface area (Å²) in [6, 6.07) is 8.30. The Labute approximate surface area is 122 Å². The highest BCUT2D eigenvalue weighted by molar-refractivity contribution is 7.18. The fraction of sp³-hybridized carbons (Fsp3) is 0.250. The minimum Gasteiger partial charge on any atom is -0.372 e. The first kappa shape index (κ1) is 13.1. The van der Waals surface area contributed by atoms with Gasteiger partial charge in [-0.1, -0.05) is 23.8 Å². The Morgan fingerprint density at radius 3 is 2.60 bits per heavy atom. The quantitative estimate of drug-likeness (QED) is 0.761. The largest absolute Gasteiger partial charge is 0.372 e. The number of hydrogen-bond donors (Lipinski definition) is 1. The van der Waals surface area contributed by atoms with Gasteiger partial charge in [-0.05, 0) is 32.4 Å². The van der Waals surface area contributed by atoms with Crippen molar-refractivity contribution >= 4 is 27.4 Å². The van der Waals surface area contributed by atoms with E-state index < -0.39 is 0 Å². The molecule has 0 saturated carbocycles. The van der Waals surface area contributed by atoms with Gasteiger partial charge in [-0.25, -0.2) is 9.97 Å². The number of fused-ring (bicyclic) bond motifs is 1. The van der Waals surface area contributed by atoms with E-state index in [-0.39, 0.29) is 0 Å². The van der Waals surface area contributed by atoms with Crippen LogP contribution in [0.4, 0.5) is 5.82 Å². The van der Waals surface area contributed by atoms with Gasteiger partial charge >= 0.3 is 0 Å². The van der Waals surface area contributed by atoms with Crippen molar-refractivity contribution in [3.63, 3.8) is 0 Å². The predicted molar refractivity (Wildman–Crippen MR) is 86.6 cm³/mol. The summed E-state index contributed by atoms with van der Waals surface area (Å²) in [5.74, 6) is 1.69. The summed E-state index contributed by atoms with van der Waals surface area (Å²) in [6.45, 7) is 6.35. The predicted octanol–water partition coefficient (Wildman–Crippen LogP) is 4.33. The summed E-state index contributed by atoms with van der Waals surface area (Å²) in [5, 5.41) is 4.35. The molecule has 0 aliphatic heterocycles. The van der Waals surface area contributed by atoms with Gasteiger partial charge < -0.3 is 5.32 Å². The van der Waals surface area contributed by atoms with Crippen molar-refractivity contribution in [1.82, 2.24) is 9.97 Å². The second-order valence-corrected chi connectivity index (χ2v) is 6.18. The molecule has 0 saturated heterocycles. The molecule has 0 fully saturated rings. The maximum atomic E-state index is 4.74. The maximum absolute atomic E-state index is 4.74. The molecule has 0 aliphatic rings.